The maximum Gasteiger partial charge on any atom is 0.336 e. The zero-order valence-corrected chi connectivity index (χ0v) is 14.2. The van der Waals surface area contributed by atoms with Crippen molar-refractivity contribution >= 4 is 22.7 Å². The number of rotatable bonds is 6. The van der Waals surface area contributed by atoms with Gasteiger partial charge in [0.1, 0.15) is 5.58 Å². The second kappa shape index (κ2) is 7.76. The van der Waals surface area contributed by atoms with E-state index in [1.54, 1.807) is 24.3 Å². The number of nitro groups is 1. The van der Waals surface area contributed by atoms with Crippen LogP contribution in [-0.4, -0.2) is 11.5 Å². The van der Waals surface area contributed by atoms with Gasteiger partial charge in [-0.1, -0.05) is 30.4 Å². The molecule has 0 unspecified atom stereocenters. The molecule has 0 radical (unpaired) electrons. The third-order valence-electron chi connectivity index (χ3n) is 4.10. The Bertz CT molecular complexity index is 1010. The molecular weight excluding hydrogens is 332 g/mol. The largest absolute Gasteiger partial charge is 0.423 e. The maximum atomic E-state index is 11.2. The molecule has 3 aromatic rings. The smallest absolute Gasteiger partial charge is 0.336 e. The predicted octanol–water partition coefficient (Wildman–Crippen LogP) is 4.07. The molecule has 0 aliphatic rings. The van der Waals surface area contributed by atoms with Crippen LogP contribution in [0.3, 0.4) is 0 Å². The Morgan fingerprint density at radius 3 is 2.65 bits per heavy atom. The number of non-ortho nitro benzene ring substituents is 1. The van der Waals surface area contributed by atoms with Crippen LogP contribution in [0.15, 0.2) is 69.9 Å². The van der Waals surface area contributed by atoms with E-state index in [4.69, 9.17) is 4.42 Å². The minimum atomic E-state index is -0.403. The summed E-state index contributed by atoms with van der Waals surface area (Å²) in [6, 6.07) is 15.4. The molecule has 1 aromatic heterocycles. The quantitative estimate of drug-likeness (QED) is 0.411. The van der Waals surface area contributed by atoms with E-state index in [9.17, 15) is 14.9 Å². The van der Waals surface area contributed by atoms with Gasteiger partial charge < -0.3 is 9.73 Å². The first-order valence-corrected chi connectivity index (χ1v) is 8.21. The zero-order valence-electron chi connectivity index (χ0n) is 14.2. The molecule has 0 spiro atoms. The van der Waals surface area contributed by atoms with Gasteiger partial charge in [0.05, 0.1) is 4.92 Å². The Morgan fingerprint density at radius 1 is 1.15 bits per heavy atom. The number of hydrogen-bond donors (Lipinski definition) is 1. The average Bonchev–Trinajstić information content (AvgIpc) is 2.65. The summed E-state index contributed by atoms with van der Waals surface area (Å²) in [6.07, 6.45) is 3.99. The van der Waals surface area contributed by atoms with Gasteiger partial charge in [0.25, 0.3) is 5.69 Å². The van der Waals surface area contributed by atoms with Crippen molar-refractivity contribution in [1.29, 1.82) is 0 Å². The lowest BCUT2D eigenvalue weighted by Gasteiger charge is -2.12. The molecule has 0 amide bonds. The summed E-state index contributed by atoms with van der Waals surface area (Å²) in [5, 5.41) is 14.9. The first-order chi connectivity index (χ1) is 12.5. The minimum absolute atomic E-state index is 0.0753. The highest BCUT2D eigenvalue weighted by Crippen LogP contribution is 2.18. The summed E-state index contributed by atoms with van der Waals surface area (Å²) in [6.45, 7) is 2.66. The highest BCUT2D eigenvalue weighted by Gasteiger charge is 2.07. The fraction of sp³-hybridized carbons (Fsp3) is 0.150. The fourth-order valence-corrected chi connectivity index (χ4v) is 2.64. The first kappa shape index (κ1) is 17.6. The summed E-state index contributed by atoms with van der Waals surface area (Å²) in [4.78, 5) is 21.5. The van der Waals surface area contributed by atoms with Gasteiger partial charge in [-0.3, -0.25) is 10.1 Å². The summed E-state index contributed by atoms with van der Waals surface area (Å²) < 4.78 is 5.11. The molecule has 0 saturated heterocycles. The molecular formula is C20H18N2O4. The van der Waals surface area contributed by atoms with Crippen molar-refractivity contribution in [3.05, 3.63) is 92.3 Å². The van der Waals surface area contributed by atoms with Crippen LogP contribution in [0.4, 0.5) is 5.69 Å². The molecule has 2 aromatic carbocycles. The molecule has 1 N–H and O–H groups in total. The van der Waals surface area contributed by atoms with Gasteiger partial charge in [0, 0.05) is 36.2 Å². The second-order valence-corrected chi connectivity index (χ2v) is 5.93. The lowest BCUT2D eigenvalue weighted by atomic mass is 10.1. The van der Waals surface area contributed by atoms with Gasteiger partial charge in [-0.2, -0.15) is 0 Å². The standard InChI is InChI=1S/C20H18N2O4/c1-14(16-5-8-18(9-6-16)22(24)25)21-12-2-3-15-4-10-19-17(13-15)7-11-20(23)26-19/h2-11,13-14,21H,12H2,1H3/b3-2+/t14-/m0/s1. The van der Waals surface area contributed by atoms with Crippen molar-refractivity contribution in [2.24, 2.45) is 0 Å². The van der Waals surface area contributed by atoms with Crippen LogP contribution in [0.5, 0.6) is 0 Å². The van der Waals surface area contributed by atoms with Gasteiger partial charge in [-0.15, -0.1) is 0 Å². The molecule has 1 heterocycles. The molecule has 6 nitrogen and oxygen atoms in total. The maximum absolute atomic E-state index is 11.2. The number of benzene rings is 2. The summed E-state index contributed by atoms with van der Waals surface area (Å²) >= 11 is 0. The summed E-state index contributed by atoms with van der Waals surface area (Å²) in [7, 11) is 0. The summed E-state index contributed by atoms with van der Waals surface area (Å²) in [5.41, 5.74) is 2.30. The van der Waals surface area contributed by atoms with E-state index in [-0.39, 0.29) is 17.4 Å². The van der Waals surface area contributed by atoms with Crippen molar-refractivity contribution in [1.82, 2.24) is 5.32 Å². The molecule has 0 aliphatic heterocycles. The second-order valence-electron chi connectivity index (χ2n) is 5.93. The third kappa shape index (κ3) is 4.23. The van der Waals surface area contributed by atoms with E-state index < -0.39 is 4.92 Å². The normalized spacial score (nSPS) is 12.5. The van der Waals surface area contributed by atoms with E-state index in [1.165, 1.54) is 18.2 Å². The number of hydrogen-bond acceptors (Lipinski definition) is 5. The van der Waals surface area contributed by atoms with Crippen LogP contribution in [-0.2, 0) is 0 Å². The molecule has 0 fully saturated rings. The lowest BCUT2D eigenvalue weighted by Crippen LogP contribution is -2.18. The number of nitro benzene ring substituents is 1. The van der Waals surface area contributed by atoms with E-state index >= 15 is 0 Å². The number of nitrogens with zero attached hydrogens (tertiary/aromatic N) is 1. The molecule has 26 heavy (non-hydrogen) atoms. The number of nitrogens with one attached hydrogen (secondary N) is 1. The highest BCUT2D eigenvalue weighted by atomic mass is 16.6. The zero-order chi connectivity index (χ0) is 18.5. The van der Waals surface area contributed by atoms with Crippen molar-refractivity contribution in [2.75, 3.05) is 6.54 Å². The van der Waals surface area contributed by atoms with E-state index in [0.717, 1.165) is 16.5 Å². The molecule has 6 heteroatoms. The van der Waals surface area contributed by atoms with Crippen molar-refractivity contribution in [2.45, 2.75) is 13.0 Å². The van der Waals surface area contributed by atoms with E-state index in [1.807, 2.05) is 31.2 Å². The Hall–Kier alpha value is -3.25. The Morgan fingerprint density at radius 2 is 1.92 bits per heavy atom. The van der Waals surface area contributed by atoms with Crippen LogP contribution in [0.2, 0.25) is 0 Å². The van der Waals surface area contributed by atoms with E-state index in [0.29, 0.717) is 12.1 Å². The topological polar surface area (TPSA) is 85.4 Å². The molecule has 132 valence electrons. The predicted molar refractivity (Wildman–Crippen MR) is 101 cm³/mol. The Kier molecular flexibility index (Phi) is 5.24. The van der Waals surface area contributed by atoms with Crippen molar-refractivity contribution in [3.63, 3.8) is 0 Å². The molecule has 0 saturated carbocycles. The van der Waals surface area contributed by atoms with Gasteiger partial charge in [0.2, 0.25) is 0 Å². The molecule has 3 rings (SSSR count). The molecule has 1 atom stereocenters. The molecule has 0 aliphatic carbocycles. The van der Waals surface area contributed by atoms with E-state index in [2.05, 4.69) is 5.32 Å². The van der Waals surface area contributed by atoms with Gasteiger partial charge in [0.15, 0.2) is 0 Å². The van der Waals surface area contributed by atoms with Crippen LogP contribution in [0, 0.1) is 10.1 Å². The van der Waals surface area contributed by atoms with Crippen molar-refractivity contribution in [3.8, 4) is 0 Å². The Labute approximate surface area is 149 Å². The fourth-order valence-electron chi connectivity index (χ4n) is 2.64. The van der Waals surface area contributed by atoms with Crippen LogP contribution < -0.4 is 10.9 Å². The SMILES string of the molecule is C[C@H](NC/C=C/c1ccc2oc(=O)ccc2c1)c1ccc([N+](=O)[O-])cc1. The first-order valence-electron chi connectivity index (χ1n) is 8.21. The third-order valence-corrected chi connectivity index (χ3v) is 4.10. The van der Waals surface area contributed by atoms with Gasteiger partial charge in [-0.05, 0) is 36.2 Å². The minimum Gasteiger partial charge on any atom is -0.423 e. The number of fused-ring (bicyclic) bond motifs is 1. The highest BCUT2D eigenvalue weighted by molar-refractivity contribution is 5.79. The molecule has 0 bridgehead atoms. The van der Waals surface area contributed by atoms with Crippen LogP contribution in [0.1, 0.15) is 24.1 Å². The van der Waals surface area contributed by atoms with Crippen LogP contribution >= 0.6 is 0 Å². The summed E-state index contributed by atoms with van der Waals surface area (Å²) in [5.74, 6) is 0. The van der Waals surface area contributed by atoms with Crippen molar-refractivity contribution < 1.29 is 9.34 Å². The monoisotopic (exact) mass is 350 g/mol. The van der Waals surface area contributed by atoms with Crippen LogP contribution in [0.25, 0.3) is 17.0 Å². The lowest BCUT2D eigenvalue weighted by molar-refractivity contribution is -0.384. The van der Waals surface area contributed by atoms with Gasteiger partial charge in [-0.25, -0.2) is 4.79 Å². The van der Waals surface area contributed by atoms with Gasteiger partial charge >= 0.3 is 5.63 Å². The average molecular weight is 350 g/mol. The Balaban J connectivity index is 1.59.